The molecule has 1 aliphatic heterocycles. The molecule has 1 N–H and O–H groups in total. The summed E-state index contributed by atoms with van der Waals surface area (Å²) in [6.07, 6.45) is 1.27. The van der Waals surface area contributed by atoms with Gasteiger partial charge in [0.05, 0.1) is 17.3 Å². The van der Waals surface area contributed by atoms with Gasteiger partial charge in [0.15, 0.2) is 0 Å². The molecular weight excluding hydrogens is 304 g/mol. The summed E-state index contributed by atoms with van der Waals surface area (Å²) >= 11 is 5.74. The standard InChI is InChI=1S/C16H11ClN2O3/c17-8-10-5-6-14(20)11(7-10)9-18-19-15(21)12-3-1-2-4-13(12)16(19)22/h1-7,9,20H,8H2/b18-9+. The molecule has 0 saturated carbocycles. The van der Waals surface area contributed by atoms with Crippen LogP contribution in [-0.2, 0) is 5.88 Å². The predicted molar refractivity (Wildman–Crippen MR) is 82.2 cm³/mol. The molecule has 0 atom stereocenters. The van der Waals surface area contributed by atoms with Gasteiger partial charge in [0, 0.05) is 11.4 Å². The third-order valence-corrected chi connectivity index (χ3v) is 3.64. The highest BCUT2D eigenvalue weighted by molar-refractivity contribution is 6.21. The Hall–Kier alpha value is -2.66. The fourth-order valence-electron chi connectivity index (χ4n) is 2.19. The van der Waals surface area contributed by atoms with Crippen LogP contribution in [0.5, 0.6) is 5.75 Å². The van der Waals surface area contributed by atoms with Crippen molar-refractivity contribution in [3.8, 4) is 5.75 Å². The third kappa shape index (κ3) is 2.35. The van der Waals surface area contributed by atoms with E-state index in [4.69, 9.17) is 11.6 Å². The van der Waals surface area contributed by atoms with E-state index in [1.807, 2.05) is 0 Å². The van der Waals surface area contributed by atoms with Crippen LogP contribution < -0.4 is 0 Å². The average Bonchev–Trinajstić information content (AvgIpc) is 2.79. The highest BCUT2D eigenvalue weighted by Gasteiger charge is 2.35. The Bertz CT molecular complexity index is 767. The summed E-state index contributed by atoms with van der Waals surface area (Å²) in [4.78, 5) is 24.3. The second kappa shape index (κ2) is 5.61. The molecule has 0 aliphatic carbocycles. The minimum Gasteiger partial charge on any atom is -0.507 e. The van der Waals surface area contributed by atoms with Gasteiger partial charge in [-0.25, -0.2) is 0 Å². The second-order valence-electron chi connectivity index (χ2n) is 4.74. The number of amides is 2. The monoisotopic (exact) mass is 314 g/mol. The van der Waals surface area contributed by atoms with Crippen LogP contribution >= 0.6 is 11.6 Å². The number of nitrogens with zero attached hydrogens (tertiary/aromatic N) is 2. The predicted octanol–water partition coefficient (Wildman–Crippen LogP) is 2.76. The number of alkyl halides is 1. The zero-order valence-corrected chi connectivity index (χ0v) is 12.1. The molecule has 0 aromatic heterocycles. The van der Waals surface area contributed by atoms with Crippen LogP contribution in [0.25, 0.3) is 0 Å². The van der Waals surface area contributed by atoms with Gasteiger partial charge in [-0.1, -0.05) is 18.2 Å². The molecule has 1 aliphatic rings. The van der Waals surface area contributed by atoms with E-state index in [1.165, 1.54) is 12.3 Å². The zero-order chi connectivity index (χ0) is 15.7. The highest BCUT2D eigenvalue weighted by Crippen LogP contribution is 2.23. The summed E-state index contributed by atoms with van der Waals surface area (Å²) in [7, 11) is 0. The van der Waals surface area contributed by atoms with E-state index in [0.717, 1.165) is 10.6 Å². The van der Waals surface area contributed by atoms with E-state index in [-0.39, 0.29) is 11.6 Å². The molecule has 6 heteroatoms. The lowest BCUT2D eigenvalue weighted by Crippen LogP contribution is -2.24. The van der Waals surface area contributed by atoms with Gasteiger partial charge in [0.2, 0.25) is 0 Å². The summed E-state index contributed by atoms with van der Waals surface area (Å²) in [6, 6.07) is 11.3. The molecule has 0 radical (unpaired) electrons. The van der Waals surface area contributed by atoms with Crippen molar-refractivity contribution in [1.29, 1.82) is 0 Å². The number of fused-ring (bicyclic) bond motifs is 1. The van der Waals surface area contributed by atoms with Gasteiger partial charge in [-0.15, -0.1) is 11.6 Å². The molecular formula is C16H11ClN2O3. The van der Waals surface area contributed by atoms with Gasteiger partial charge in [0.1, 0.15) is 5.75 Å². The first-order valence-corrected chi connectivity index (χ1v) is 7.05. The number of hydrogen-bond donors (Lipinski definition) is 1. The van der Waals surface area contributed by atoms with Gasteiger partial charge >= 0.3 is 0 Å². The topological polar surface area (TPSA) is 70.0 Å². The van der Waals surface area contributed by atoms with E-state index < -0.39 is 11.8 Å². The number of hydrogen-bond acceptors (Lipinski definition) is 4. The van der Waals surface area contributed by atoms with Crippen molar-refractivity contribution < 1.29 is 14.7 Å². The van der Waals surface area contributed by atoms with E-state index in [0.29, 0.717) is 16.7 Å². The average molecular weight is 315 g/mol. The van der Waals surface area contributed by atoms with Crippen LogP contribution in [0, 0.1) is 0 Å². The molecule has 0 unspecified atom stereocenters. The number of aromatic hydroxyl groups is 1. The first kappa shape index (κ1) is 14.3. The maximum absolute atomic E-state index is 12.1. The van der Waals surface area contributed by atoms with Crippen LogP contribution in [0.2, 0.25) is 0 Å². The van der Waals surface area contributed by atoms with Crippen LogP contribution in [0.15, 0.2) is 47.6 Å². The van der Waals surface area contributed by atoms with Crippen LogP contribution in [0.3, 0.4) is 0 Å². The van der Waals surface area contributed by atoms with Crippen molar-refractivity contribution in [1.82, 2.24) is 5.01 Å². The second-order valence-corrected chi connectivity index (χ2v) is 5.01. The number of phenolic OH excluding ortho intramolecular Hbond substituents is 1. The van der Waals surface area contributed by atoms with E-state index in [1.54, 1.807) is 36.4 Å². The first-order valence-electron chi connectivity index (χ1n) is 6.51. The molecule has 0 spiro atoms. The van der Waals surface area contributed by atoms with Gasteiger partial charge in [-0.05, 0) is 29.8 Å². The number of rotatable bonds is 3. The lowest BCUT2D eigenvalue weighted by Gasteiger charge is -2.06. The summed E-state index contributed by atoms with van der Waals surface area (Å²) in [5.74, 6) is -0.683. The van der Waals surface area contributed by atoms with Crippen molar-refractivity contribution in [3.05, 3.63) is 64.7 Å². The van der Waals surface area contributed by atoms with Crippen molar-refractivity contribution in [2.75, 3.05) is 0 Å². The molecule has 0 saturated heterocycles. The Morgan fingerprint density at radius 1 is 1.09 bits per heavy atom. The smallest absolute Gasteiger partial charge is 0.282 e. The molecule has 2 aromatic carbocycles. The SMILES string of the molecule is O=C1c2ccccc2C(=O)N1/N=C/c1cc(CCl)ccc1O. The molecule has 2 amide bonds. The Kier molecular flexibility index (Phi) is 3.65. The van der Waals surface area contributed by atoms with E-state index in [9.17, 15) is 14.7 Å². The molecule has 3 rings (SSSR count). The van der Waals surface area contributed by atoms with Gasteiger partial charge < -0.3 is 5.11 Å². The molecule has 5 nitrogen and oxygen atoms in total. The molecule has 0 bridgehead atoms. The van der Waals surface area contributed by atoms with Crippen LogP contribution in [0.4, 0.5) is 0 Å². The van der Waals surface area contributed by atoms with E-state index in [2.05, 4.69) is 5.10 Å². The summed E-state index contributed by atoms with van der Waals surface area (Å²) < 4.78 is 0. The molecule has 2 aromatic rings. The van der Waals surface area contributed by atoms with Crippen molar-refractivity contribution in [3.63, 3.8) is 0 Å². The molecule has 1 heterocycles. The maximum Gasteiger partial charge on any atom is 0.282 e. The lowest BCUT2D eigenvalue weighted by molar-refractivity contribution is 0.0660. The van der Waals surface area contributed by atoms with Crippen molar-refractivity contribution in [2.45, 2.75) is 5.88 Å². The highest BCUT2D eigenvalue weighted by atomic mass is 35.5. The van der Waals surface area contributed by atoms with Gasteiger partial charge in [-0.2, -0.15) is 10.1 Å². The lowest BCUT2D eigenvalue weighted by atomic mass is 10.1. The minimum absolute atomic E-state index is 0.00535. The Labute approximate surface area is 131 Å². The van der Waals surface area contributed by atoms with Crippen LogP contribution in [-0.4, -0.2) is 28.1 Å². The number of benzene rings is 2. The number of imide groups is 1. The summed E-state index contributed by atoms with van der Waals surface area (Å²) in [6.45, 7) is 0. The summed E-state index contributed by atoms with van der Waals surface area (Å²) in [5.41, 5.74) is 1.82. The number of carbonyl (C=O) groups excluding carboxylic acids is 2. The Balaban J connectivity index is 1.92. The van der Waals surface area contributed by atoms with Crippen LogP contribution in [0.1, 0.15) is 31.8 Å². The molecule has 0 fully saturated rings. The van der Waals surface area contributed by atoms with Gasteiger partial charge in [-0.3, -0.25) is 9.59 Å². The van der Waals surface area contributed by atoms with Gasteiger partial charge in [0.25, 0.3) is 11.8 Å². The largest absolute Gasteiger partial charge is 0.507 e. The van der Waals surface area contributed by atoms with E-state index >= 15 is 0 Å². The number of hydrazone groups is 1. The number of phenols is 1. The maximum atomic E-state index is 12.1. The third-order valence-electron chi connectivity index (χ3n) is 3.33. The quantitative estimate of drug-likeness (QED) is 0.538. The first-order chi connectivity index (χ1) is 10.6. The van der Waals surface area contributed by atoms with Crippen molar-refractivity contribution in [2.24, 2.45) is 5.10 Å². The Morgan fingerprint density at radius 3 is 2.32 bits per heavy atom. The number of halogens is 1. The normalized spacial score (nSPS) is 14.0. The zero-order valence-electron chi connectivity index (χ0n) is 11.4. The van der Waals surface area contributed by atoms with Crippen molar-refractivity contribution >= 4 is 29.6 Å². The summed E-state index contributed by atoms with van der Waals surface area (Å²) in [5, 5.41) is 14.5. The fourth-order valence-corrected chi connectivity index (χ4v) is 2.36. The molecule has 22 heavy (non-hydrogen) atoms. The molecule has 110 valence electrons. The Morgan fingerprint density at radius 2 is 1.73 bits per heavy atom. The number of carbonyl (C=O) groups is 2. The minimum atomic E-state index is -0.482. The fraction of sp³-hybridized carbons (Fsp3) is 0.0625.